The van der Waals surface area contributed by atoms with Gasteiger partial charge in [0.2, 0.25) is 0 Å². The number of carbonyl (C=O) groups is 2. The van der Waals surface area contributed by atoms with Gasteiger partial charge in [-0.05, 0) is 44.9 Å². The minimum Gasteiger partial charge on any atom is -0.481 e. The van der Waals surface area contributed by atoms with Gasteiger partial charge < -0.3 is 15.2 Å². The zero-order chi connectivity index (χ0) is 16.0. The molecule has 1 amide bonds. The molecule has 0 aliphatic carbocycles. The molecule has 1 unspecified atom stereocenters. The summed E-state index contributed by atoms with van der Waals surface area (Å²) >= 11 is 0. The third-order valence-electron chi connectivity index (χ3n) is 3.31. The quantitative estimate of drug-likeness (QED) is 0.809. The predicted octanol–water partition coefficient (Wildman–Crippen LogP) is 2.39. The lowest BCUT2D eigenvalue weighted by Gasteiger charge is -2.26. The minimum atomic E-state index is -0.877. The van der Waals surface area contributed by atoms with Crippen LogP contribution < -0.4 is 10.1 Å². The van der Waals surface area contributed by atoms with E-state index in [1.165, 1.54) is 0 Å². The van der Waals surface area contributed by atoms with Crippen molar-refractivity contribution in [1.82, 2.24) is 5.32 Å². The summed E-state index contributed by atoms with van der Waals surface area (Å²) in [6, 6.07) is 6.72. The van der Waals surface area contributed by atoms with Gasteiger partial charge in [0.1, 0.15) is 5.75 Å². The van der Waals surface area contributed by atoms with Gasteiger partial charge in [0.15, 0.2) is 6.10 Å². The third-order valence-corrected chi connectivity index (χ3v) is 3.31. The molecule has 5 heteroatoms. The second-order valence-electron chi connectivity index (χ2n) is 5.70. The van der Waals surface area contributed by atoms with Crippen LogP contribution in [0.4, 0.5) is 0 Å². The summed E-state index contributed by atoms with van der Waals surface area (Å²) in [5, 5.41) is 11.6. The third kappa shape index (κ3) is 5.85. The van der Waals surface area contributed by atoms with Gasteiger partial charge in [-0.2, -0.15) is 0 Å². The number of aliphatic carboxylic acids is 1. The van der Waals surface area contributed by atoms with Crippen molar-refractivity contribution in [1.29, 1.82) is 0 Å². The van der Waals surface area contributed by atoms with Crippen LogP contribution in [0.25, 0.3) is 0 Å². The number of carboxylic acids is 1. The minimum absolute atomic E-state index is 0.0268. The standard InChI is InChI=1S/C16H23NO4/c1-5-16(3,4)17-15(20)11(2)21-13-8-6-12(7-9-13)10-14(18)19/h6-9,11H,5,10H2,1-4H3,(H,17,20)(H,18,19). The number of amides is 1. The molecule has 0 bridgehead atoms. The molecule has 0 aliphatic heterocycles. The molecular formula is C16H23NO4. The highest BCUT2D eigenvalue weighted by Gasteiger charge is 2.22. The van der Waals surface area contributed by atoms with Crippen LogP contribution in [0.5, 0.6) is 5.75 Å². The molecule has 116 valence electrons. The van der Waals surface area contributed by atoms with E-state index in [9.17, 15) is 9.59 Å². The molecule has 5 nitrogen and oxygen atoms in total. The topological polar surface area (TPSA) is 75.6 Å². The summed E-state index contributed by atoms with van der Waals surface area (Å²) in [7, 11) is 0. The predicted molar refractivity (Wildman–Crippen MR) is 80.4 cm³/mol. The van der Waals surface area contributed by atoms with E-state index in [0.717, 1.165) is 6.42 Å². The SMILES string of the molecule is CCC(C)(C)NC(=O)C(C)Oc1ccc(CC(=O)O)cc1. The van der Waals surface area contributed by atoms with Crippen molar-refractivity contribution in [3.8, 4) is 5.75 Å². The van der Waals surface area contributed by atoms with Gasteiger partial charge in [0.05, 0.1) is 6.42 Å². The van der Waals surface area contributed by atoms with Crippen LogP contribution in [0.3, 0.4) is 0 Å². The Morgan fingerprint density at radius 3 is 2.33 bits per heavy atom. The van der Waals surface area contributed by atoms with Gasteiger partial charge in [0.25, 0.3) is 5.91 Å². The van der Waals surface area contributed by atoms with Crippen molar-refractivity contribution in [2.45, 2.75) is 52.2 Å². The van der Waals surface area contributed by atoms with Crippen molar-refractivity contribution in [2.24, 2.45) is 0 Å². The van der Waals surface area contributed by atoms with Gasteiger partial charge in [-0.25, -0.2) is 0 Å². The fraction of sp³-hybridized carbons (Fsp3) is 0.500. The molecule has 1 atom stereocenters. The van der Waals surface area contributed by atoms with Crippen LogP contribution in [0.1, 0.15) is 39.7 Å². The fourth-order valence-electron chi connectivity index (χ4n) is 1.64. The molecule has 0 heterocycles. The van der Waals surface area contributed by atoms with Crippen LogP contribution in [0.15, 0.2) is 24.3 Å². The first kappa shape index (κ1) is 17.0. The van der Waals surface area contributed by atoms with E-state index in [1.807, 2.05) is 20.8 Å². The summed E-state index contributed by atoms with van der Waals surface area (Å²) in [6.07, 6.45) is 0.192. The number of rotatable bonds is 7. The number of benzene rings is 1. The monoisotopic (exact) mass is 293 g/mol. The number of hydrogen-bond acceptors (Lipinski definition) is 3. The molecule has 1 rings (SSSR count). The molecule has 0 saturated heterocycles. The highest BCUT2D eigenvalue weighted by molar-refractivity contribution is 5.81. The molecule has 0 spiro atoms. The highest BCUT2D eigenvalue weighted by atomic mass is 16.5. The van der Waals surface area contributed by atoms with E-state index in [4.69, 9.17) is 9.84 Å². The maximum atomic E-state index is 12.0. The Kier molecular flexibility index (Phi) is 5.76. The van der Waals surface area contributed by atoms with Crippen molar-refractivity contribution in [2.75, 3.05) is 0 Å². The number of hydrogen-bond donors (Lipinski definition) is 2. The lowest BCUT2D eigenvalue weighted by Crippen LogP contribution is -2.48. The Morgan fingerprint density at radius 1 is 1.29 bits per heavy atom. The molecular weight excluding hydrogens is 270 g/mol. The van der Waals surface area contributed by atoms with Crippen molar-refractivity contribution < 1.29 is 19.4 Å². The smallest absolute Gasteiger partial charge is 0.307 e. The molecule has 21 heavy (non-hydrogen) atoms. The molecule has 0 aliphatic rings. The van der Waals surface area contributed by atoms with Crippen molar-refractivity contribution >= 4 is 11.9 Å². The summed E-state index contributed by atoms with van der Waals surface area (Å²) < 4.78 is 5.57. The van der Waals surface area contributed by atoms with E-state index in [2.05, 4.69) is 5.32 Å². The molecule has 0 fully saturated rings. The second-order valence-corrected chi connectivity index (χ2v) is 5.70. The van der Waals surface area contributed by atoms with Crippen LogP contribution in [-0.4, -0.2) is 28.6 Å². The molecule has 0 saturated carbocycles. The van der Waals surface area contributed by atoms with Gasteiger partial charge in [0, 0.05) is 5.54 Å². The lowest BCUT2D eigenvalue weighted by atomic mass is 10.0. The second kappa shape index (κ2) is 7.11. The maximum Gasteiger partial charge on any atom is 0.307 e. The van der Waals surface area contributed by atoms with Gasteiger partial charge in [-0.15, -0.1) is 0 Å². The Hall–Kier alpha value is -2.04. The van der Waals surface area contributed by atoms with Gasteiger partial charge in [-0.3, -0.25) is 9.59 Å². The molecule has 0 radical (unpaired) electrons. The average molecular weight is 293 g/mol. The van der Waals surface area contributed by atoms with Crippen LogP contribution in [0, 0.1) is 0 Å². The lowest BCUT2D eigenvalue weighted by molar-refractivity contribution is -0.136. The largest absolute Gasteiger partial charge is 0.481 e. The van der Waals surface area contributed by atoms with E-state index >= 15 is 0 Å². The van der Waals surface area contributed by atoms with E-state index in [-0.39, 0.29) is 17.9 Å². The number of carboxylic acid groups (broad SMARTS) is 1. The average Bonchev–Trinajstić information content (AvgIpc) is 2.40. The van der Waals surface area contributed by atoms with Gasteiger partial charge >= 0.3 is 5.97 Å². The normalized spacial score (nSPS) is 12.6. The first-order chi connectivity index (χ1) is 9.73. The summed E-state index contributed by atoms with van der Waals surface area (Å²) in [5.41, 5.74) is 0.430. The van der Waals surface area contributed by atoms with Crippen molar-refractivity contribution in [3.05, 3.63) is 29.8 Å². The van der Waals surface area contributed by atoms with Crippen LogP contribution in [-0.2, 0) is 16.0 Å². The Balaban J connectivity index is 2.60. The Morgan fingerprint density at radius 2 is 1.86 bits per heavy atom. The van der Waals surface area contributed by atoms with Gasteiger partial charge in [-0.1, -0.05) is 19.1 Å². The summed E-state index contributed by atoms with van der Waals surface area (Å²) in [6.45, 7) is 7.61. The van der Waals surface area contributed by atoms with E-state index in [0.29, 0.717) is 11.3 Å². The first-order valence-electron chi connectivity index (χ1n) is 7.03. The molecule has 1 aromatic carbocycles. The zero-order valence-corrected chi connectivity index (χ0v) is 13.0. The number of carbonyl (C=O) groups excluding carboxylic acids is 1. The van der Waals surface area contributed by atoms with Crippen LogP contribution in [0.2, 0.25) is 0 Å². The molecule has 0 aromatic heterocycles. The highest BCUT2D eigenvalue weighted by Crippen LogP contribution is 2.15. The zero-order valence-electron chi connectivity index (χ0n) is 13.0. The van der Waals surface area contributed by atoms with E-state index in [1.54, 1.807) is 31.2 Å². The Labute approximate surface area is 125 Å². The maximum absolute atomic E-state index is 12.0. The number of ether oxygens (including phenoxy) is 1. The molecule has 2 N–H and O–H groups in total. The summed E-state index contributed by atoms with van der Waals surface area (Å²) in [4.78, 5) is 22.6. The molecule has 1 aromatic rings. The van der Waals surface area contributed by atoms with Crippen LogP contribution >= 0.6 is 0 Å². The summed E-state index contributed by atoms with van der Waals surface area (Å²) in [5.74, 6) is -0.504. The van der Waals surface area contributed by atoms with Crippen molar-refractivity contribution in [3.63, 3.8) is 0 Å². The first-order valence-corrected chi connectivity index (χ1v) is 7.03. The Bertz CT molecular complexity index is 494. The number of nitrogens with one attached hydrogen (secondary N) is 1. The van der Waals surface area contributed by atoms with E-state index < -0.39 is 12.1 Å². The fourth-order valence-corrected chi connectivity index (χ4v) is 1.64.